The van der Waals surface area contributed by atoms with Gasteiger partial charge in [-0.05, 0) is 41.5 Å². The first-order valence-corrected chi connectivity index (χ1v) is 10.7. The Kier molecular flexibility index (Phi) is 8.40. The molecule has 0 bridgehead atoms. The van der Waals surface area contributed by atoms with Gasteiger partial charge in [-0.2, -0.15) is 0 Å². The Morgan fingerprint density at radius 2 is 1.14 bits per heavy atom. The van der Waals surface area contributed by atoms with Crippen molar-refractivity contribution in [3.8, 4) is 34.5 Å². The van der Waals surface area contributed by atoms with Crippen molar-refractivity contribution in [2.75, 3.05) is 35.5 Å². The maximum atomic E-state index is 12.7. The number of ketones is 1. The minimum Gasteiger partial charge on any atom is -0.502 e. The quantitative estimate of drug-likeness (QED) is 0.235. The van der Waals surface area contributed by atoms with Gasteiger partial charge in [-0.15, -0.1) is 0 Å². The highest BCUT2D eigenvalue weighted by Crippen LogP contribution is 2.38. The highest BCUT2D eigenvalue weighted by atomic mass is 16.5. The molecule has 0 heterocycles. The summed E-state index contributed by atoms with van der Waals surface area (Å²) in [5, 5.41) is 10.0. The molecule has 0 saturated carbocycles. The normalized spacial score (nSPS) is 11.0. The van der Waals surface area contributed by atoms with Gasteiger partial charge in [-0.3, -0.25) is 4.79 Å². The monoisotopic (exact) mass is 476 g/mol. The van der Waals surface area contributed by atoms with Gasteiger partial charge in [0.05, 0.1) is 35.5 Å². The summed E-state index contributed by atoms with van der Waals surface area (Å²) in [6.45, 7) is 0. The number of rotatable bonds is 10. The maximum Gasteiger partial charge on any atom is 0.200 e. The van der Waals surface area contributed by atoms with E-state index >= 15 is 0 Å². The Balaban J connectivity index is 1.76. The third kappa shape index (κ3) is 5.95. The molecule has 0 unspecified atom stereocenters. The number of hydrogen-bond donors (Lipinski definition) is 1. The van der Waals surface area contributed by atoms with Gasteiger partial charge >= 0.3 is 0 Å². The number of ether oxygens (including phenoxy) is 5. The summed E-state index contributed by atoms with van der Waals surface area (Å²) in [5.74, 6) is 2.10. The van der Waals surface area contributed by atoms with Crippen LogP contribution in [-0.2, 0) is 0 Å². The van der Waals surface area contributed by atoms with E-state index in [0.29, 0.717) is 39.9 Å². The van der Waals surface area contributed by atoms with Crippen LogP contribution in [0.15, 0.2) is 54.6 Å². The summed E-state index contributed by atoms with van der Waals surface area (Å²) in [7, 11) is 7.61. The number of phenols is 1. The molecule has 3 rings (SSSR count). The highest BCUT2D eigenvalue weighted by Gasteiger charge is 2.11. The van der Waals surface area contributed by atoms with E-state index in [-0.39, 0.29) is 11.5 Å². The molecule has 0 amide bonds. The fraction of sp³-hybridized carbons (Fsp3) is 0.179. The Labute approximate surface area is 204 Å². The number of carbonyl (C=O) groups excluding carboxylic acids is 1. The first-order chi connectivity index (χ1) is 16.9. The minimum atomic E-state index is -0.148. The number of phenolic OH excluding ortho intramolecular Hbond substituents is 1. The molecule has 0 spiro atoms. The van der Waals surface area contributed by atoms with Crippen LogP contribution in [0.4, 0.5) is 0 Å². The molecule has 3 aromatic carbocycles. The second kappa shape index (κ2) is 11.7. The zero-order valence-electron chi connectivity index (χ0n) is 20.3. The highest BCUT2D eigenvalue weighted by molar-refractivity contribution is 6.07. The van der Waals surface area contributed by atoms with Gasteiger partial charge in [0, 0.05) is 17.2 Å². The van der Waals surface area contributed by atoms with Crippen LogP contribution in [0.25, 0.3) is 18.2 Å². The van der Waals surface area contributed by atoms with Crippen molar-refractivity contribution in [1.29, 1.82) is 0 Å². The maximum absolute atomic E-state index is 12.7. The van der Waals surface area contributed by atoms with Gasteiger partial charge in [0.25, 0.3) is 0 Å². The van der Waals surface area contributed by atoms with E-state index in [0.717, 1.165) is 11.1 Å². The summed E-state index contributed by atoms with van der Waals surface area (Å²) in [6, 6.07) is 14.1. The molecule has 0 aliphatic rings. The molecule has 182 valence electrons. The summed E-state index contributed by atoms with van der Waals surface area (Å²) < 4.78 is 26.4. The van der Waals surface area contributed by atoms with E-state index in [2.05, 4.69) is 0 Å². The SMILES string of the molecule is COc1cc(OC)c(OC)cc1/C=C/C(=O)c1ccc(/C=C/c2cc(OC)c(O)c(OC)c2)cc1. The van der Waals surface area contributed by atoms with Crippen LogP contribution in [0.5, 0.6) is 34.5 Å². The van der Waals surface area contributed by atoms with E-state index in [1.54, 1.807) is 63.8 Å². The molecule has 0 fully saturated rings. The van der Waals surface area contributed by atoms with Crippen molar-refractivity contribution in [2.24, 2.45) is 0 Å². The van der Waals surface area contributed by atoms with Crippen LogP contribution >= 0.6 is 0 Å². The number of aromatic hydroxyl groups is 1. The van der Waals surface area contributed by atoms with E-state index in [1.807, 2.05) is 24.3 Å². The molecule has 1 N–H and O–H groups in total. The largest absolute Gasteiger partial charge is 0.502 e. The second-order valence-corrected chi connectivity index (χ2v) is 7.38. The Hall–Kier alpha value is -4.39. The predicted octanol–water partition coefficient (Wildman–Crippen LogP) is 5.50. The Morgan fingerprint density at radius 1 is 0.629 bits per heavy atom. The molecular weight excluding hydrogens is 448 g/mol. The van der Waals surface area contributed by atoms with Crippen LogP contribution in [-0.4, -0.2) is 46.4 Å². The third-order valence-corrected chi connectivity index (χ3v) is 5.32. The van der Waals surface area contributed by atoms with Crippen LogP contribution in [0.1, 0.15) is 27.0 Å². The molecule has 0 atom stereocenters. The van der Waals surface area contributed by atoms with Gasteiger partial charge in [-0.25, -0.2) is 0 Å². The van der Waals surface area contributed by atoms with Crippen molar-refractivity contribution in [1.82, 2.24) is 0 Å². The average Bonchev–Trinajstić information content (AvgIpc) is 2.90. The van der Waals surface area contributed by atoms with E-state index in [1.165, 1.54) is 20.3 Å². The molecule has 3 aromatic rings. The van der Waals surface area contributed by atoms with Gasteiger partial charge in [-0.1, -0.05) is 36.4 Å². The number of hydrogen-bond acceptors (Lipinski definition) is 7. The lowest BCUT2D eigenvalue weighted by Gasteiger charge is -2.12. The first-order valence-electron chi connectivity index (χ1n) is 10.7. The van der Waals surface area contributed by atoms with Gasteiger partial charge in [0.15, 0.2) is 28.8 Å². The number of benzene rings is 3. The van der Waals surface area contributed by atoms with E-state index in [4.69, 9.17) is 23.7 Å². The number of methoxy groups -OCH3 is 5. The lowest BCUT2D eigenvalue weighted by Crippen LogP contribution is -1.96. The number of allylic oxidation sites excluding steroid dienone is 1. The van der Waals surface area contributed by atoms with Crippen molar-refractivity contribution >= 4 is 24.0 Å². The van der Waals surface area contributed by atoms with Crippen LogP contribution < -0.4 is 23.7 Å². The Morgan fingerprint density at radius 3 is 1.69 bits per heavy atom. The summed E-state index contributed by atoms with van der Waals surface area (Å²) in [6.07, 6.45) is 6.93. The van der Waals surface area contributed by atoms with Crippen LogP contribution in [0.3, 0.4) is 0 Å². The van der Waals surface area contributed by atoms with E-state index < -0.39 is 0 Å². The average molecular weight is 477 g/mol. The molecule has 0 aliphatic carbocycles. The first kappa shape index (κ1) is 25.2. The van der Waals surface area contributed by atoms with Crippen LogP contribution in [0, 0.1) is 0 Å². The van der Waals surface area contributed by atoms with Gasteiger partial charge in [0.1, 0.15) is 5.75 Å². The number of carbonyl (C=O) groups is 1. The fourth-order valence-corrected chi connectivity index (χ4v) is 3.41. The third-order valence-electron chi connectivity index (χ3n) is 5.32. The van der Waals surface area contributed by atoms with Crippen molar-refractivity contribution in [3.63, 3.8) is 0 Å². The second-order valence-electron chi connectivity index (χ2n) is 7.38. The molecule has 0 aliphatic heterocycles. The molecule has 0 radical (unpaired) electrons. The van der Waals surface area contributed by atoms with E-state index in [9.17, 15) is 9.90 Å². The molecule has 35 heavy (non-hydrogen) atoms. The standard InChI is InChI=1S/C28H28O7/c1-31-23-17-25(33-3)24(32-2)16-21(23)12-13-22(29)20-10-8-18(9-11-20)6-7-19-14-26(34-4)28(30)27(15-19)35-5/h6-17,30H,1-5H3/b7-6+,13-12+. The lowest BCUT2D eigenvalue weighted by atomic mass is 10.1. The smallest absolute Gasteiger partial charge is 0.200 e. The van der Waals surface area contributed by atoms with Crippen molar-refractivity contribution in [2.45, 2.75) is 0 Å². The molecular formula is C28H28O7. The zero-order chi connectivity index (χ0) is 25.4. The summed E-state index contributed by atoms with van der Waals surface area (Å²) in [4.78, 5) is 12.7. The van der Waals surface area contributed by atoms with Gasteiger partial charge < -0.3 is 28.8 Å². The molecule has 7 nitrogen and oxygen atoms in total. The Bertz CT molecular complexity index is 1220. The van der Waals surface area contributed by atoms with Crippen LogP contribution in [0.2, 0.25) is 0 Å². The van der Waals surface area contributed by atoms with Crippen molar-refractivity contribution in [3.05, 3.63) is 76.9 Å². The molecule has 0 aromatic heterocycles. The lowest BCUT2D eigenvalue weighted by molar-refractivity contribution is 0.104. The van der Waals surface area contributed by atoms with Crippen molar-refractivity contribution < 1.29 is 33.6 Å². The topological polar surface area (TPSA) is 83.5 Å². The summed E-state index contributed by atoms with van der Waals surface area (Å²) >= 11 is 0. The fourth-order valence-electron chi connectivity index (χ4n) is 3.41. The summed E-state index contributed by atoms with van der Waals surface area (Å²) in [5.41, 5.74) is 2.94. The zero-order valence-corrected chi connectivity index (χ0v) is 20.3. The minimum absolute atomic E-state index is 0.0474. The molecule has 7 heteroatoms. The molecule has 0 saturated heterocycles. The van der Waals surface area contributed by atoms with Gasteiger partial charge in [0.2, 0.25) is 5.75 Å². The predicted molar refractivity (Wildman–Crippen MR) is 136 cm³/mol.